The number of carbonyl (C=O) groups is 3. The van der Waals surface area contributed by atoms with Gasteiger partial charge in [0.05, 0.1) is 34.5 Å². The number of benzene rings is 1. The molecule has 1 aliphatic rings. The minimum atomic E-state index is -0.917. The smallest absolute Gasteiger partial charge is 0.324 e. The van der Waals surface area contributed by atoms with Gasteiger partial charge >= 0.3 is 5.97 Å². The fourth-order valence-corrected chi connectivity index (χ4v) is 2.59. The van der Waals surface area contributed by atoms with E-state index in [0.29, 0.717) is 16.1 Å². The Hall–Kier alpha value is -3.99. The van der Waals surface area contributed by atoms with Crippen LogP contribution in [0, 0.1) is 11.3 Å². The maximum Gasteiger partial charge on any atom is 0.367 e. The molecule has 0 aliphatic carbocycles. The highest BCUT2D eigenvalue weighted by Crippen LogP contribution is 2.24. The second-order valence-electron chi connectivity index (χ2n) is 5.24. The number of amides is 2. The lowest BCUT2D eigenvalue weighted by Gasteiger charge is -2.12. The Balaban J connectivity index is 1.67. The Labute approximate surface area is 140 Å². The van der Waals surface area contributed by atoms with E-state index < -0.39 is 17.8 Å². The van der Waals surface area contributed by atoms with E-state index in [1.54, 1.807) is 18.2 Å². The molecule has 0 saturated carbocycles. The van der Waals surface area contributed by atoms with Gasteiger partial charge in [0.25, 0.3) is 11.8 Å². The van der Waals surface area contributed by atoms with Crippen LogP contribution < -0.4 is 0 Å². The Morgan fingerprint density at radius 3 is 2.44 bits per heavy atom. The first kappa shape index (κ1) is 14.6. The molecule has 1 aromatic carbocycles. The first-order chi connectivity index (χ1) is 12.1. The molecule has 0 saturated heterocycles. The number of aromatic nitrogens is 2. The largest absolute Gasteiger partial charge is 0.367 e. The van der Waals surface area contributed by atoms with Gasteiger partial charge < -0.3 is 4.84 Å². The Bertz CT molecular complexity index is 1070. The average Bonchev–Trinajstić information content (AvgIpc) is 3.16. The lowest BCUT2D eigenvalue weighted by molar-refractivity contribution is -0.0583. The predicted molar refractivity (Wildman–Crippen MR) is 82.3 cm³/mol. The molecule has 3 heterocycles. The second kappa shape index (κ2) is 5.28. The van der Waals surface area contributed by atoms with E-state index in [0.717, 1.165) is 0 Å². The molecule has 2 amide bonds. The van der Waals surface area contributed by atoms with Gasteiger partial charge in [0.15, 0.2) is 0 Å². The number of pyridine rings is 1. The van der Waals surface area contributed by atoms with Crippen molar-refractivity contribution in [3.05, 3.63) is 71.0 Å². The van der Waals surface area contributed by atoms with Crippen molar-refractivity contribution in [2.75, 3.05) is 0 Å². The summed E-state index contributed by atoms with van der Waals surface area (Å²) in [5.41, 5.74) is 1.05. The van der Waals surface area contributed by atoms with Crippen LogP contribution in [0.2, 0.25) is 0 Å². The van der Waals surface area contributed by atoms with Crippen LogP contribution in [0.15, 0.2) is 48.8 Å². The number of fused-ring (bicyclic) bond motifs is 2. The lowest BCUT2D eigenvalue weighted by Crippen LogP contribution is -2.32. The molecule has 4 rings (SSSR count). The third-order valence-electron chi connectivity index (χ3n) is 3.80. The SMILES string of the molecule is N#Cc1ccn2ncc(C(=O)ON3C(=O)c4ccccc4C3=O)c2c1. The van der Waals surface area contributed by atoms with Crippen molar-refractivity contribution in [1.82, 2.24) is 14.7 Å². The van der Waals surface area contributed by atoms with Crippen molar-refractivity contribution < 1.29 is 19.2 Å². The van der Waals surface area contributed by atoms with Gasteiger partial charge in [-0.25, -0.2) is 9.31 Å². The summed E-state index contributed by atoms with van der Waals surface area (Å²) >= 11 is 0. The summed E-state index contributed by atoms with van der Waals surface area (Å²) in [6.07, 6.45) is 2.77. The van der Waals surface area contributed by atoms with Gasteiger partial charge in [-0.15, -0.1) is 0 Å². The number of nitrogens with zero attached hydrogens (tertiary/aromatic N) is 4. The fourth-order valence-electron chi connectivity index (χ4n) is 2.59. The number of imide groups is 1. The normalized spacial score (nSPS) is 13.0. The molecule has 0 unspecified atom stereocenters. The summed E-state index contributed by atoms with van der Waals surface area (Å²) in [5, 5.41) is 13.4. The molecule has 25 heavy (non-hydrogen) atoms. The van der Waals surface area contributed by atoms with Gasteiger partial charge in [-0.2, -0.15) is 10.4 Å². The Morgan fingerprint density at radius 1 is 1.12 bits per heavy atom. The van der Waals surface area contributed by atoms with E-state index in [1.807, 2.05) is 6.07 Å². The Morgan fingerprint density at radius 2 is 1.80 bits per heavy atom. The molecule has 2 aromatic heterocycles. The van der Waals surface area contributed by atoms with Crippen molar-refractivity contribution >= 4 is 23.3 Å². The number of hydrogen-bond acceptors (Lipinski definition) is 6. The first-order valence-corrected chi connectivity index (χ1v) is 7.18. The van der Waals surface area contributed by atoms with Gasteiger partial charge in [-0.1, -0.05) is 17.2 Å². The molecule has 0 spiro atoms. The zero-order valence-corrected chi connectivity index (χ0v) is 12.5. The molecule has 1 aliphatic heterocycles. The molecule has 8 nitrogen and oxygen atoms in total. The molecule has 0 atom stereocenters. The molecular formula is C17H8N4O4. The molecule has 3 aromatic rings. The maximum atomic E-state index is 12.4. The predicted octanol–water partition coefficient (Wildman–Crippen LogP) is 1.57. The van der Waals surface area contributed by atoms with Crippen molar-refractivity contribution in [3.8, 4) is 6.07 Å². The standard InChI is InChI=1S/C17H8N4O4/c18-8-10-5-6-20-14(7-10)13(9-19-20)17(24)25-21-15(22)11-3-1-2-4-12(11)16(21)23/h1-7,9H. The monoisotopic (exact) mass is 332 g/mol. The number of rotatable bonds is 2. The summed E-state index contributed by atoms with van der Waals surface area (Å²) < 4.78 is 1.39. The molecule has 0 N–H and O–H groups in total. The average molecular weight is 332 g/mol. The Kier molecular flexibility index (Phi) is 3.08. The molecular weight excluding hydrogens is 324 g/mol. The molecule has 0 bridgehead atoms. The van der Waals surface area contributed by atoms with Gasteiger partial charge in [-0.05, 0) is 24.3 Å². The van der Waals surface area contributed by atoms with Gasteiger partial charge in [0.2, 0.25) is 0 Å². The van der Waals surface area contributed by atoms with E-state index in [4.69, 9.17) is 10.1 Å². The summed E-state index contributed by atoms with van der Waals surface area (Å²) in [6.45, 7) is 0. The highest BCUT2D eigenvalue weighted by Gasteiger charge is 2.39. The van der Waals surface area contributed by atoms with Crippen LogP contribution in [0.4, 0.5) is 0 Å². The van der Waals surface area contributed by atoms with Crippen LogP contribution in [0.25, 0.3) is 5.52 Å². The second-order valence-corrected chi connectivity index (χ2v) is 5.24. The van der Waals surface area contributed by atoms with Crippen molar-refractivity contribution in [2.45, 2.75) is 0 Å². The molecule has 0 radical (unpaired) electrons. The zero-order valence-electron chi connectivity index (χ0n) is 12.5. The summed E-state index contributed by atoms with van der Waals surface area (Å²) in [6, 6.07) is 11.2. The summed E-state index contributed by atoms with van der Waals surface area (Å²) in [7, 11) is 0. The highest BCUT2D eigenvalue weighted by molar-refractivity contribution is 6.21. The van der Waals surface area contributed by atoms with Gasteiger partial charge in [0, 0.05) is 6.20 Å². The van der Waals surface area contributed by atoms with Gasteiger partial charge in [0.1, 0.15) is 5.56 Å². The van der Waals surface area contributed by atoms with Crippen LogP contribution in [0.3, 0.4) is 0 Å². The molecule has 120 valence electrons. The minimum absolute atomic E-state index is 0.0358. The van der Waals surface area contributed by atoms with E-state index in [1.165, 1.54) is 35.1 Å². The van der Waals surface area contributed by atoms with Gasteiger partial charge in [-0.3, -0.25) is 9.59 Å². The minimum Gasteiger partial charge on any atom is -0.324 e. The van der Waals surface area contributed by atoms with Crippen LogP contribution in [-0.4, -0.2) is 32.5 Å². The van der Waals surface area contributed by atoms with Crippen LogP contribution >= 0.6 is 0 Å². The van der Waals surface area contributed by atoms with Crippen LogP contribution in [-0.2, 0) is 4.84 Å². The zero-order chi connectivity index (χ0) is 17.6. The van der Waals surface area contributed by atoms with Crippen molar-refractivity contribution in [3.63, 3.8) is 0 Å². The number of carbonyl (C=O) groups excluding carboxylic acids is 3. The summed E-state index contributed by atoms with van der Waals surface area (Å²) in [4.78, 5) is 41.9. The van der Waals surface area contributed by atoms with E-state index in [9.17, 15) is 14.4 Å². The van der Waals surface area contributed by atoms with Crippen LogP contribution in [0.1, 0.15) is 36.6 Å². The fraction of sp³-hybridized carbons (Fsp3) is 0. The lowest BCUT2D eigenvalue weighted by atomic mass is 10.1. The number of nitriles is 1. The van der Waals surface area contributed by atoms with E-state index in [2.05, 4.69) is 5.10 Å². The molecule has 0 fully saturated rings. The van der Waals surface area contributed by atoms with Crippen molar-refractivity contribution in [2.24, 2.45) is 0 Å². The van der Waals surface area contributed by atoms with Crippen molar-refractivity contribution in [1.29, 1.82) is 5.26 Å². The maximum absolute atomic E-state index is 12.4. The number of hydrogen-bond donors (Lipinski definition) is 0. The highest BCUT2D eigenvalue weighted by atomic mass is 16.7. The van der Waals surface area contributed by atoms with Crippen LogP contribution in [0.5, 0.6) is 0 Å². The topological polar surface area (TPSA) is 105 Å². The quantitative estimate of drug-likeness (QED) is 0.660. The first-order valence-electron chi connectivity index (χ1n) is 7.18. The third-order valence-corrected chi connectivity index (χ3v) is 3.80. The summed E-state index contributed by atoms with van der Waals surface area (Å²) in [5.74, 6) is -2.33. The molecule has 8 heteroatoms. The van der Waals surface area contributed by atoms with E-state index >= 15 is 0 Å². The number of hydroxylamine groups is 2. The van der Waals surface area contributed by atoms with E-state index in [-0.39, 0.29) is 16.7 Å². The third kappa shape index (κ3) is 2.14.